The predicted octanol–water partition coefficient (Wildman–Crippen LogP) is 5.55. The Morgan fingerprint density at radius 3 is 2.28 bits per heavy atom. The number of aromatic nitrogens is 1. The van der Waals surface area contributed by atoms with Crippen molar-refractivity contribution in [2.45, 2.75) is 20.8 Å². The average molecular weight is 452 g/mol. The van der Waals surface area contributed by atoms with Crippen LogP contribution in [0.2, 0.25) is 0 Å². The highest BCUT2D eigenvalue weighted by molar-refractivity contribution is 9.10. The standard InChI is InChI=1S/C22H18BrN3O2.CH4/c1-14(24)15-6-8-16(9-7-15)20(27)12-17-4-2-3-5-19(17)22(28)26-21-11-10-18(23)13-25-21;/h2-11,13,24H,12H2,1H3,(H,25,26,28);1H4. The molecule has 0 spiro atoms. The van der Waals surface area contributed by atoms with E-state index in [1.807, 2.05) is 0 Å². The number of amides is 1. The number of benzene rings is 2. The molecule has 3 aromatic rings. The Morgan fingerprint density at radius 1 is 1.00 bits per heavy atom. The quantitative estimate of drug-likeness (QED) is 0.380. The van der Waals surface area contributed by atoms with Gasteiger partial charge in [0, 0.05) is 33.9 Å². The Balaban J connectivity index is 0.00000300. The predicted molar refractivity (Wildman–Crippen MR) is 120 cm³/mol. The van der Waals surface area contributed by atoms with Crippen molar-refractivity contribution in [2.75, 3.05) is 5.32 Å². The first-order valence-electron chi connectivity index (χ1n) is 8.63. The third-order valence-electron chi connectivity index (χ3n) is 4.22. The van der Waals surface area contributed by atoms with Gasteiger partial charge >= 0.3 is 0 Å². The zero-order valence-electron chi connectivity index (χ0n) is 15.2. The van der Waals surface area contributed by atoms with Crippen molar-refractivity contribution in [3.63, 3.8) is 0 Å². The fraction of sp³-hybridized carbons (Fsp3) is 0.130. The number of pyridine rings is 1. The number of ketones is 1. The molecule has 0 atom stereocenters. The normalized spacial score (nSPS) is 10.0. The van der Waals surface area contributed by atoms with E-state index in [9.17, 15) is 9.59 Å². The molecule has 1 heterocycles. The first-order chi connectivity index (χ1) is 13.4. The summed E-state index contributed by atoms with van der Waals surface area (Å²) < 4.78 is 0.820. The van der Waals surface area contributed by atoms with Gasteiger partial charge in [0.2, 0.25) is 0 Å². The van der Waals surface area contributed by atoms with Crippen LogP contribution in [-0.4, -0.2) is 22.4 Å². The van der Waals surface area contributed by atoms with Gasteiger partial charge in [-0.25, -0.2) is 4.98 Å². The van der Waals surface area contributed by atoms with Gasteiger partial charge in [-0.1, -0.05) is 49.9 Å². The lowest BCUT2D eigenvalue weighted by molar-refractivity contribution is 0.0992. The van der Waals surface area contributed by atoms with E-state index in [1.54, 1.807) is 73.8 Å². The van der Waals surface area contributed by atoms with Crippen LogP contribution in [-0.2, 0) is 6.42 Å². The highest BCUT2D eigenvalue weighted by Gasteiger charge is 2.15. The molecular weight excluding hydrogens is 430 g/mol. The molecule has 0 aliphatic carbocycles. The Bertz CT molecular complexity index is 1030. The third kappa shape index (κ3) is 5.68. The van der Waals surface area contributed by atoms with E-state index in [0.29, 0.717) is 28.2 Å². The molecule has 0 fully saturated rings. The van der Waals surface area contributed by atoms with Gasteiger partial charge in [0.1, 0.15) is 5.82 Å². The number of rotatable bonds is 6. The summed E-state index contributed by atoms with van der Waals surface area (Å²) in [5, 5.41) is 10.4. The van der Waals surface area contributed by atoms with Gasteiger partial charge in [-0.2, -0.15) is 0 Å². The largest absolute Gasteiger partial charge is 0.307 e. The van der Waals surface area contributed by atoms with Crippen LogP contribution in [0.5, 0.6) is 0 Å². The molecule has 2 N–H and O–H groups in total. The second-order valence-electron chi connectivity index (χ2n) is 6.28. The summed E-state index contributed by atoms with van der Waals surface area (Å²) in [4.78, 5) is 29.5. The average Bonchev–Trinajstić information content (AvgIpc) is 2.70. The summed E-state index contributed by atoms with van der Waals surface area (Å²) in [7, 11) is 0. The lowest BCUT2D eigenvalue weighted by Crippen LogP contribution is -2.16. The second kappa shape index (κ2) is 9.89. The Morgan fingerprint density at radius 2 is 1.66 bits per heavy atom. The topological polar surface area (TPSA) is 82.9 Å². The van der Waals surface area contributed by atoms with Crippen LogP contribution in [0.3, 0.4) is 0 Å². The molecule has 1 amide bonds. The summed E-state index contributed by atoms with van der Waals surface area (Å²) >= 11 is 3.31. The van der Waals surface area contributed by atoms with Gasteiger partial charge in [0.15, 0.2) is 5.78 Å². The molecule has 148 valence electrons. The maximum atomic E-state index is 12.7. The van der Waals surface area contributed by atoms with Crippen molar-refractivity contribution in [3.8, 4) is 0 Å². The Labute approximate surface area is 178 Å². The van der Waals surface area contributed by atoms with Crippen molar-refractivity contribution in [2.24, 2.45) is 0 Å². The van der Waals surface area contributed by atoms with Gasteiger partial charge in [-0.15, -0.1) is 0 Å². The minimum atomic E-state index is -0.312. The number of carbonyl (C=O) groups excluding carboxylic acids is 2. The Kier molecular flexibility index (Phi) is 7.56. The first kappa shape index (κ1) is 22.2. The van der Waals surface area contributed by atoms with Gasteiger partial charge in [0.25, 0.3) is 5.91 Å². The van der Waals surface area contributed by atoms with E-state index in [0.717, 1.165) is 10.0 Å². The molecule has 0 aliphatic rings. The van der Waals surface area contributed by atoms with Gasteiger partial charge in [-0.3, -0.25) is 9.59 Å². The van der Waals surface area contributed by atoms with Gasteiger partial charge in [-0.05, 0) is 52.2 Å². The van der Waals surface area contributed by atoms with E-state index in [2.05, 4.69) is 26.2 Å². The summed E-state index contributed by atoms with van der Waals surface area (Å²) in [6.45, 7) is 1.70. The van der Waals surface area contributed by atoms with Gasteiger partial charge in [0.05, 0.1) is 0 Å². The van der Waals surface area contributed by atoms with Gasteiger partial charge < -0.3 is 10.7 Å². The molecule has 0 bridgehead atoms. The lowest BCUT2D eigenvalue weighted by Gasteiger charge is -2.10. The van der Waals surface area contributed by atoms with Crippen LogP contribution in [0.4, 0.5) is 5.82 Å². The molecule has 0 saturated heterocycles. The molecule has 29 heavy (non-hydrogen) atoms. The monoisotopic (exact) mass is 451 g/mol. The van der Waals surface area contributed by atoms with Crippen molar-refractivity contribution >= 4 is 39.1 Å². The summed E-state index contributed by atoms with van der Waals surface area (Å²) in [6, 6.07) is 17.5. The van der Waals surface area contributed by atoms with Crippen molar-refractivity contribution < 1.29 is 9.59 Å². The minimum Gasteiger partial charge on any atom is -0.307 e. The first-order valence-corrected chi connectivity index (χ1v) is 9.43. The number of nitrogens with one attached hydrogen (secondary N) is 2. The van der Waals surface area contributed by atoms with E-state index >= 15 is 0 Å². The van der Waals surface area contributed by atoms with E-state index in [-0.39, 0.29) is 25.5 Å². The maximum Gasteiger partial charge on any atom is 0.257 e. The number of halogens is 1. The maximum absolute atomic E-state index is 12.7. The highest BCUT2D eigenvalue weighted by atomic mass is 79.9. The van der Waals surface area contributed by atoms with Crippen molar-refractivity contribution in [1.82, 2.24) is 4.98 Å². The van der Waals surface area contributed by atoms with Crippen LogP contribution < -0.4 is 5.32 Å². The summed E-state index contributed by atoms with van der Waals surface area (Å²) in [6.07, 6.45) is 1.71. The SMILES string of the molecule is C.CC(=N)c1ccc(C(=O)Cc2ccccc2C(=O)Nc2ccc(Br)cn2)cc1. The molecule has 1 aromatic heterocycles. The molecule has 5 nitrogen and oxygen atoms in total. The zero-order chi connectivity index (χ0) is 20.1. The van der Waals surface area contributed by atoms with Crippen molar-refractivity contribution in [1.29, 1.82) is 5.41 Å². The molecule has 0 radical (unpaired) electrons. The molecule has 6 heteroatoms. The van der Waals surface area contributed by atoms with Crippen LogP contribution in [0.1, 0.15) is 46.2 Å². The third-order valence-corrected chi connectivity index (χ3v) is 4.69. The number of hydrogen-bond donors (Lipinski definition) is 2. The summed E-state index contributed by atoms with van der Waals surface area (Å²) in [5.74, 6) is 0.0381. The van der Waals surface area contributed by atoms with Crippen LogP contribution in [0, 0.1) is 5.41 Å². The fourth-order valence-electron chi connectivity index (χ4n) is 2.71. The number of anilines is 1. The highest BCUT2D eigenvalue weighted by Crippen LogP contribution is 2.16. The molecule has 0 unspecified atom stereocenters. The number of hydrogen-bond acceptors (Lipinski definition) is 4. The number of carbonyl (C=O) groups is 2. The van der Waals surface area contributed by atoms with Crippen LogP contribution >= 0.6 is 15.9 Å². The zero-order valence-corrected chi connectivity index (χ0v) is 16.8. The summed E-state index contributed by atoms with van der Waals surface area (Å²) in [5.41, 5.74) is 2.86. The molecular formula is C23H22BrN3O2. The van der Waals surface area contributed by atoms with E-state index in [4.69, 9.17) is 5.41 Å². The Hall–Kier alpha value is -3.12. The second-order valence-corrected chi connectivity index (χ2v) is 7.19. The van der Waals surface area contributed by atoms with Crippen molar-refractivity contribution in [3.05, 3.63) is 93.6 Å². The minimum absolute atomic E-state index is 0. The van der Waals surface area contributed by atoms with Crippen LogP contribution in [0.25, 0.3) is 0 Å². The smallest absolute Gasteiger partial charge is 0.257 e. The van der Waals surface area contributed by atoms with Crippen LogP contribution in [0.15, 0.2) is 71.3 Å². The van der Waals surface area contributed by atoms with E-state index in [1.165, 1.54) is 0 Å². The molecule has 0 aliphatic heterocycles. The fourth-order valence-corrected chi connectivity index (χ4v) is 2.95. The number of Topliss-reactive ketones (excluding diaryl/α,β-unsaturated/α-hetero) is 1. The molecule has 3 rings (SSSR count). The van der Waals surface area contributed by atoms with E-state index < -0.39 is 0 Å². The molecule has 2 aromatic carbocycles. The number of nitrogens with zero attached hydrogens (tertiary/aromatic N) is 1. The molecule has 0 saturated carbocycles. The lowest BCUT2D eigenvalue weighted by atomic mass is 9.97.